The maximum absolute atomic E-state index is 13.0. The van der Waals surface area contributed by atoms with Gasteiger partial charge in [0.2, 0.25) is 0 Å². The molecular weight excluding hydrogens is 428 g/mol. The molecule has 1 heterocycles. The van der Waals surface area contributed by atoms with Gasteiger partial charge in [-0.2, -0.15) is 0 Å². The number of benzene rings is 2. The van der Waals surface area contributed by atoms with Gasteiger partial charge < -0.3 is 9.84 Å². The van der Waals surface area contributed by atoms with Crippen molar-refractivity contribution in [2.24, 2.45) is 11.0 Å². The third-order valence-electron chi connectivity index (χ3n) is 6.14. The molecule has 0 bridgehead atoms. The lowest BCUT2D eigenvalue weighted by Crippen LogP contribution is -2.52. The van der Waals surface area contributed by atoms with E-state index in [9.17, 15) is 9.90 Å². The van der Waals surface area contributed by atoms with Gasteiger partial charge in [-0.15, -0.1) is 0 Å². The fourth-order valence-electron chi connectivity index (χ4n) is 4.54. The van der Waals surface area contributed by atoms with Crippen LogP contribution in [0.25, 0.3) is 10.4 Å². The number of allylic oxidation sites excluding steroid dienone is 2. The minimum Gasteiger partial charge on any atom is -0.468 e. The van der Waals surface area contributed by atoms with Gasteiger partial charge in [-0.1, -0.05) is 96.7 Å². The highest BCUT2D eigenvalue weighted by molar-refractivity contribution is 5.76. The Hall–Kier alpha value is -3.64. The summed E-state index contributed by atoms with van der Waals surface area (Å²) < 4.78 is 5.16. The van der Waals surface area contributed by atoms with Crippen molar-refractivity contribution in [2.45, 2.75) is 31.0 Å². The Kier molecular flexibility index (Phi) is 8.82. The molecule has 4 atom stereocenters. The van der Waals surface area contributed by atoms with Gasteiger partial charge >= 0.3 is 5.97 Å². The van der Waals surface area contributed by atoms with E-state index < -0.39 is 12.1 Å². The standard InChI is InChI=1S/C27H30N4O3/c1-4-5-11-23-19(2)18-31(26(23)25(32)17-20-9-7-6-8-10-20)24(27(33)34-3)16-21-12-14-22(15-13-21)29-30-28/h4-15,23-26,32H,1-2,16-18H2,3H3/b11-5+/t23-,24+,25+,26-/m1/s1. The van der Waals surface area contributed by atoms with Gasteiger partial charge in [0, 0.05) is 29.1 Å². The van der Waals surface area contributed by atoms with Crippen LogP contribution in [-0.2, 0) is 22.4 Å². The third kappa shape index (κ3) is 6.02. The van der Waals surface area contributed by atoms with Crippen LogP contribution in [-0.4, -0.2) is 47.8 Å². The van der Waals surface area contributed by atoms with Gasteiger partial charge in [-0.25, -0.2) is 0 Å². The van der Waals surface area contributed by atoms with Crippen molar-refractivity contribution in [3.8, 4) is 0 Å². The number of aliphatic hydroxyl groups excluding tert-OH is 1. The second-order valence-corrected chi connectivity index (χ2v) is 8.32. The largest absolute Gasteiger partial charge is 0.468 e. The number of rotatable bonds is 10. The average Bonchev–Trinajstić information content (AvgIpc) is 3.18. The molecule has 1 N–H and O–H groups in total. The van der Waals surface area contributed by atoms with Gasteiger partial charge in [0.25, 0.3) is 0 Å². The Labute approximate surface area is 200 Å². The molecule has 2 aromatic rings. The second-order valence-electron chi connectivity index (χ2n) is 8.32. The molecule has 2 aromatic carbocycles. The van der Waals surface area contributed by atoms with Crippen LogP contribution in [0.3, 0.4) is 0 Å². The van der Waals surface area contributed by atoms with E-state index in [0.29, 0.717) is 25.1 Å². The summed E-state index contributed by atoms with van der Waals surface area (Å²) in [7, 11) is 1.37. The average molecular weight is 459 g/mol. The number of aliphatic hydroxyl groups is 1. The summed E-state index contributed by atoms with van der Waals surface area (Å²) in [5, 5.41) is 15.0. The topological polar surface area (TPSA) is 98.5 Å². The van der Waals surface area contributed by atoms with Crippen molar-refractivity contribution in [1.82, 2.24) is 4.90 Å². The highest BCUT2D eigenvalue weighted by Crippen LogP contribution is 2.35. The zero-order valence-electron chi connectivity index (χ0n) is 19.3. The van der Waals surface area contributed by atoms with Crippen molar-refractivity contribution in [1.29, 1.82) is 0 Å². The number of esters is 1. The fourth-order valence-corrected chi connectivity index (χ4v) is 4.54. The lowest BCUT2D eigenvalue weighted by atomic mass is 9.88. The van der Waals surface area contributed by atoms with E-state index in [1.807, 2.05) is 59.5 Å². The molecule has 0 spiro atoms. The van der Waals surface area contributed by atoms with Gasteiger partial charge in [0.1, 0.15) is 6.04 Å². The normalized spacial score (nSPS) is 20.0. The number of methoxy groups -OCH3 is 1. The van der Waals surface area contributed by atoms with Crippen molar-refractivity contribution >= 4 is 11.7 Å². The Morgan fingerprint density at radius 1 is 1.24 bits per heavy atom. The van der Waals surface area contributed by atoms with Crippen LogP contribution < -0.4 is 0 Å². The smallest absolute Gasteiger partial charge is 0.323 e. The van der Waals surface area contributed by atoms with Crippen LogP contribution in [0.4, 0.5) is 5.69 Å². The van der Waals surface area contributed by atoms with E-state index in [2.05, 4.69) is 23.2 Å². The highest BCUT2D eigenvalue weighted by Gasteiger charge is 2.45. The predicted molar refractivity (Wildman–Crippen MR) is 133 cm³/mol. The molecule has 3 rings (SSSR count). The van der Waals surface area contributed by atoms with Gasteiger partial charge in [0.05, 0.1) is 13.2 Å². The first kappa shape index (κ1) is 25.0. The molecular formula is C27H30N4O3. The van der Waals surface area contributed by atoms with Gasteiger partial charge in [0.15, 0.2) is 0 Å². The SMILES string of the molecule is C=C/C=C/[C@@H]1C(=C)CN([C@@H](Cc2ccc(N=[N+]=[N-])cc2)C(=O)OC)[C@H]1[C@@H](O)Cc1ccccc1. The fraction of sp³-hybridized carbons (Fsp3) is 0.296. The van der Waals surface area contributed by atoms with Gasteiger partial charge in [-0.3, -0.25) is 9.69 Å². The van der Waals surface area contributed by atoms with E-state index in [-0.39, 0.29) is 17.9 Å². The maximum Gasteiger partial charge on any atom is 0.323 e. The number of carbonyl (C=O) groups excluding carboxylic acids is 1. The highest BCUT2D eigenvalue weighted by atomic mass is 16.5. The minimum absolute atomic E-state index is 0.142. The maximum atomic E-state index is 13.0. The van der Waals surface area contributed by atoms with E-state index in [0.717, 1.165) is 16.7 Å². The number of hydrogen-bond acceptors (Lipinski definition) is 5. The van der Waals surface area contributed by atoms with E-state index in [1.165, 1.54) is 7.11 Å². The van der Waals surface area contributed by atoms with Crippen LogP contribution in [0.1, 0.15) is 11.1 Å². The number of azide groups is 1. The van der Waals surface area contributed by atoms with E-state index in [1.54, 1.807) is 18.2 Å². The summed E-state index contributed by atoms with van der Waals surface area (Å²) in [5.74, 6) is -0.520. The number of nitrogens with zero attached hydrogens (tertiary/aromatic N) is 4. The molecule has 34 heavy (non-hydrogen) atoms. The zero-order chi connectivity index (χ0) is 24.5. The molecule has 1 aliphatic heterocycles. The molecule has 0 saturated carbocycles. The first-order valence-electron chi connectivity index (χ1n) is 11.1. The quantitative estimate of drug-likeness (QED) is 0.136. The zero-order valence-corrected chi connectivity index (χ0v) is 19.3. The first-order valence-corrected chi connectivity index (χ1v) is 11.1. The second kappa shape index (κ2) is 12.0. The number of ether oxygens (including phenoxy) is 1. The van der Waals surface area contributed by atoms with Crippen molar-refractivity contribution in [3.05, 3.63) is 113 Å². The summed E-state index contributed by atoms with van der Waals surface area (Å²) in [6, 6.07) is 15.9. The molecule has 7 heteroatoms. The molecule has 0 amide bonds. The molecule has 1 saturated heterocycles. The van der Waals surface area contributed by atoms with Gasteiger partial charge in [-0.05, 0) is 29.5 Å². The van der Waals surface area contributed by atoms with Crippen LogP contribution in [0.15, 0.2) is 96.7 Å². The number of likely N-dealkylation sites (tertiary alicyclic amines) is 1. The van der Waals surface area contributed by atoms with Crippen LogP contribution >= 0.6 is 0 Å². The molecule has 0 radical (unpaired) electrons. The predicted octanol–water partition coefficient (Wildman–Crippen LogP) is 4.91. The van der Waals surface area contributed by atoms with Crippen LogP contribution in [0.5, 0.6) is 0 Å². The first-order chi connectivity index (χ1) is 16.5. The molecule has 0 aliphatic carbocycles. The van der Waals surface area contributed by atoms with Crippen molar-refractivity contribution in [2.75, 3.05) is 13.7 Å². The Bertz CT molecular complexity index is 1070. The molecule has 176 valence electrons. The summed E-state index contributed by atoms with van der Waals surface area (Å²) in [6.45, 7) is 8.47. The minimum atomic E-state index is -0.736. The van der Waals surface area contributed by atoms with Crippen molar-refractivity contribution in [3.63, 3.8) is 0 Å². The molecule has 0 aromatic heterocycles. The van der Waals surface area contributed by atoms with Crippen LogP contribution in [0, 0.1) is 5.92 Å². The summed E-state index contributed by atoms with van der Waals surface area (Å²) >= 11 is 0. The molecule has 1 aliphatic rings. The molecule has 0 unspecified atom stereocenters. The van der Waals surface area contributed by atoms with E-state index in [4.69, 9.17) is 10.3 Å². The lowest BCUT2D eigenvalue weighted by molar-refractivity contribution is -0.148. The summed E-state index contributed by atoms with van der Waals surface area (Å²) in [4.78, 5) is 17.7. The molecule has 7 nitrogen and oxygen atoms in total. The third-order valence-corrected chi connectivity index (χ3v) is 6.14. The number of hydrogen-bond donors (Lipinski definition) is 1. The lowest BCUT2D eigenvalue weighted by Gasteiger charge is -2.35. The van der Waals surface area contributed by atoms with Crippen molar-refractivity contribution < 1.29 is 14.6 Å². The summed E-state index contributed by atoms with van der Waals surface area (Å²) in [6.07, 6.45) is 5.62. The Morgan fingerprint density at radius 2 is 1.91 bits per heavy atom. The summed E-state index contributed by atoms with van der Waals surface area (Å²) in [5.41, 5.74) is 12.0. The Morgan fingerprint density at radius 3 is 2.53 bits per heavy atom. The van der Waals surface area contributed by atoms with E-state index >= 15 is 0 Å². The molecule has 1 fully saturated rings. The van der Waals surface area contributed by atoms with Crippen LogP contribution in [0.2, 0.25) is 0 Å². The Balaban J connectivity index is 1.94. The monoisotopic (exact) mass is 458 g/mol. The number of carbonyl (C=O) groups is 1.